The molecule has 0 saturated carbocycles. The highest BCUT2D eigenvalue weighted by atomic mass is 14.9. The number of rotatable bonds is 5. The van der Waals surface area contributed by atoms with Gasteiger partial charge in [-0.05, 0) is 66.3 Å². The standard InChI is InChI=1S/C28H27N/c1-21-13-14-22(2)27(19-21)28(24-9-5-3-6-10-24)20-23-15-17-26(18-16-23)29-25-11-7-4-8-12-25/h3-17,19-20,26,29H,18H2,1-2H3. The molecular weight excluding hydrogens is 350 g/mol. The summed E-state index contributed by atoms with van der Waals surface area (Å²) in [6, 6.07) is 28.1. The third kappa shape index (κ3) is 4.75. The van der Waals surface area contributed by atoms with Crippen molar-refractivity contribution in [2.75, 3.05) is 5.32 Å². The van der Waals surface area contributed by atoms with Crippen LogP contribution in [0, 0.1) is 13.8 Å². The van der Waals surface area contributed by atoms with Crippen LogP contribution in [0.1, 0.15) is 28.7 Å². The van der Waals surface area contributed by atoms with Crippen LogP contribution in [0.4, 0.5) is 5.69 Å². The highest BCUT2D eigenvalue weighted by molar-refractivity contribution is 5.83. The lowest BCUT2D eigenvalue weighted by atomic mass is 9.90. The molecule has 0 heterocycles. The maximum atomic E-state index is 3.58. The molecule has 29 heavy (non-hydrogen) atoms. The van der Waals surface area contributed by atoms with E-state index in [1.807, 2.05) is 6.07 Å². The fraction of sp³-hybridized carbons (Fsp3) is 0.143. The number of hydrogen-bond donors (Lipinski definition) is 1. The summed E-state index contributed by atoms with van der Waals surface area (Å²) in [5, 5.41) is 3.58. The maximum Gasteiger partial charge on any atom is 0.0482 e. The molecule has 3 aromatic rings. The number of benzene rings is 3. The topological polar surface area (TPSA) is 12.0 Å². The summed E-state index contributed by atoms with van der Waals surface area (Å²) in [5.74, 6) is 0. The molecule has 144 valence electrons. The van der Waals surface area contributed by atoms with Crippen molar-refractivity contribution in [3.8, 4) is 0 Å². The van der Waals surface area contributed by atoms with Gasteiger partial charge in [-0.25, -0.2) is 0 Å². The Kier molecular flexibility index (Phi) is 5.76. The van der Waals surface area contributed by atoms with Crippen molar-refractivity contribution in [3.05, 3.63) is 131 Å². The molecule has 1 nitrogen and oxygen atoms in total. The lowest BCUT2D eigenvalue weighted by Gasteiger charge is -2.19. The predicted molar refractivity (Wildman–Crippen MR) is 125 cm³/mol. The van der Waals surface area contributed by atoms with Crippen LogP contribution in [0.25, 0.3) is 5.57 Å². The number of nitrogens with one attached hydrogen (secondary N) is 1. The molecule has 0 spiro atoms. The molecular formula is C28H27N. The average molecular weight is 378 g/mol. The summed E-state index contributed by atoms with van der Waals surface area (Å²) in [7, 11) is 0. The molecule has 0 saturated heterocycles. The van der Waals surface area contributed by atoms with E-state index in [0.717, 1.165) is 12.1 Å². The molecule has 1 aliphatic rings. The molecule has 1 N–H and O–H groups in total. The Morgan fingerprint density at radius 3 is 2.31 bits per heavy atom. The van der Waals surface area contributed by atoms with Crippen molar-refractivity contribution in [1.82, 2.24) is 0 Å². The second kappa shape index (κ2) is 8.79. The minimum atomic E-state index is 0.329. The van der Waals surface area contributed by atoms with Gasteiger partial charge in [-0.2, -0.15) is 0 Å². The minimum absolute atomic E-state index is 0.329. The van der Waals surface area contributed by atoms with Gasteiger partial charge in [0, 0.05) is 11.7 Å². The second-order valence-electron chi connectivity index (χ2n) is 7.66. The van der Waals surface area contributed by atoms with Gasteiger partial charge in [0.2, 0.25) is 0 Å². The Balaban J connectivity index is 1.62. The van der Waals surface area contributed by atoms with E-state index in [1.54, 1.807) is 0 Å². The number of aryl methyl sites for hydroxylation is 2. The second-order valence-corrected chi connectivity index (χ2v) is 7.66. The van der Waals surface area contributed by atoms with E-state index < -0.39 is 0 Å². The summed E-state index contributed by atoms with van der Waals surface area (Å²) in [6.07, 6.45) is 10.1. The molecule has 0 amide bonds. The van der Waals surface area contributed by atoms with E-state index >= 15 is 0 Å². The van der Waals surface area contributed by atoms with Gasteiger partial charge in [-0.1, -0.05) is 90.5 Å². The molecule has 0 bridgehead atoms. The predicted octanol–water partition coefficient (Wildman–Crippen LogP) is 7.10. The molecule has 0 fully saturated rings. The van der Waals surface area contributed by atoms with Crippen LogP contribution in [0.15, 0.2) is 109 Å². The van der Waals surface area contributed by atoms with Gasteiger partial charge in [-0.15, -0.1) is 0 Å². The van der Waals surface area contributed by atoms with Crippen molar-refractivity contribution < 1.29 is 0 Å². The minimum Gasteiger partial charge on any atom is -0.379 e. The number of anilines is 1. The van der Waals surface area contributed by atoms with Crippen LogP contribution < -0.4 is 5.32 Å². The Morgan fingerprint density at radius 2 is 1.62 bits per heavy atom. The number of hydrogen-bond acceptors (Lipinski definition) is 1. The van der Waals surface area contributed by atoms with Gasteiger partial charge in [-0.3, -0.25) is 0 Å². The molecule has 1 atom stereocenters. The van der Waals surface area contributed by atoms with Crippen LogP contribution in [0.3, 0.4) is 0 Å². The fourth-order valence-corrected chi connectivity index (χ4v) is 3.73. The normalized spacial score (nSPS) is 16.4. The van der Waals surface area contributed by atoms with E-state index in [-0.39, 0.29) is 0 Å². The van der Waals surface area contributed by atoms with E-state index in [9.17, 15) is 0 Å². The van der Waals surface area contributed by atoms with Gasteiger partial charge in [0.25, 0.3) is 0 Å². The largest absolute Gasteiger partial charge is 0.379 e. The van der Waals surface area contributed by atoms with Crippen molar-refractivity contribution in [3.63, 3.8) is 0 Å². The first-order chi connectivity index (χ1) is 14.2. The van der Waals surface area contributed by atoms with Gasteiger partial charge in [0.05, 0.1) is 0 Å². The van der Waals surface area contributed by atoms with Crippen LogP contribution in [-0.4, -0.2) is 6.04 Å². The lowest BCUT2D eigenvalue weighted by molar-refractivity contribution is 0.878. The first-order valence-electron chi connectivity index (χ1n) is 10.2. The van der Waals surface area contributed by atoms with Crippen molar-refractivity contribution in [1.29, 1.82) is 0 Å². The fourth-order valence-electron chi connectivity index (χ4n) is 3.73. The Labute approximate surface area is 174 Å². The first kappa shape index (κ1) is 19.0. The zero-order valence-electron chi connectivity index (χ0n) is 17.1. The summed E-state index contributed by atoms with van der Waals surface area (Å²) in [6.45, 7) is 4.35. The van der Waals surface area contributed by atoms with Gasteiger partial charge < -0.3 is 5.32 Å². The Morgan fingerprint density at radius 1 is 0.897 bits per heavy atom. The van der Waals surface area contributed by atoms with Crippen molar-refractivity contribution in [2.24, 2.45) is 0 Å². The van der Waals surface area contributed by atoms with Gasteiger partial charge in [0.1, 0.15) is 0 Å². The quantitative estimate of drug-likeness (QED) is 0.500. The van der Waals surface area contributed by atoms with Crippen LogP contribution in [0.2, 0.25) is 0 Å². The van der Waals surface area contributed by atoms with Gasteiger partial charge in [0.15, 0.2) is 0 Å². The third-order valence-electron chi connectivity index (χ3n) is 5.33. The Hall–Kier alpha value is -3.32. The Bertz CT molecular complexity index is 1060. The van der Waals surface area contributed by atoms with Crippen LogP contribution >= 0.6 is 0 Å². The zero-order chi connectivity index (χ0) is 20.1. The highest BCUT2D eigenvalue weighted by Gasteiger charge is 2.12. The van der Waals surface area contributed by atoms with E-state index in [4.69, 9.17) is 0 Å². The summed E-state index contributed by atoms with van der Waals surface area (Å²) in [5.41, 5.74) is 8.83. The highest BCUT2D eigenvalue weighted by Crippen LogP contribution is 2.29. The first-order valence-corrected chi connectivity index (χ1v) is 10.2. The van der Waals surface area contributed by atoms with E-state index in [1.165, 1.54) is 33.4 Å². The smallest absolute Gasteiger partial charge is 0.0482 e. The van der Waals surface area contributed by atoms with E-state index in [0.29, 0.717) is 6.04 Å². The SMILES string of the molecule is Cc1ccc(C)c(C(=CC2=CCC(Nc3ccccc3)C=C2)c2ccccc2)c1. The van der Waals surface area contributed by atoms with E-state index in [2.05, 4.69) is 116 Å². The van der Waals surface area contributed by atoms with Gasteiger partial charge >= 0.3 is 0 Å². The molecule has 4 rings (SSSR count). The zero-order valence-corrected chi connectivity index (χ0v) is 17.1. The molecule has 0 radical (unpaired) electrons. The maximum absolute atomic E-state index is 3.58. The average Bonchev–Trinajstić information content (AvgIpc) is 2.76. The lowest BCUT2D eigenvalue weighted by Crippen LogP contribution is -2.17. The number of allylic oxidation sites excluding steroid dienone is 3. The molecule has 1 unspecified atom stereocenters. The molecule has 1 aliphatic carbocycles. The van der Waals surface area contributed by atoms with Crippen molar-refractivity contribution in [2.45, 2.75) is 26.3 Å². The molecule has 0 aliphatic heterocycles. The summed E-state index contributed by atoms with van der Waals surface area (Å²) < 4.78 is 0. The summed E-state index contributed by atoms with van der Waals surface area (Å²) >= 11 is 0. The molecule has 0 aromatic heterocycles. The molecule has 3 aromatic carbocycles. The summed E-state index contributed by atoms with van der Waals surface area (Å²) in [4.78, 5) is 0. The van der Waals surface area contributed by atoms with Crippen LogP contribution in [-0.2, 0) is 0 Å². The van der Waals surface area contributed by atoms with Crippen molar-refractivity contribution >= 4 is 11.3 Å². The van der Waals surface area contributed by atoms with Crippen LogP contribution in [0.5, 0.6) is 0 Å². The third-order valence-corrected chi connectivity index (χ3v) is 5.33. The monoisotopic (exact) mass is 377 g/mol. The molecule has 1 heteroatoms. The number of para-hydroxylation sites is 1.